The van der Waals surface area contributed by atoms with Gasteiger partial charge in [0.05, 0.1) is 12.1 Å². The minimum atomic E-state index is -0.219. The van der Waals surface area contributed by atoms with Crippen molar-refractivity contribution in [1.82, 2.24) is 4.90 Å². The number of amides is 1. The molecule has 1 amide bonds. The zero-order valence-corrected chi connectivity index (χ0v) is 5.95. The van der Waals surface area contributed by atoms with E-state index in [-0.39, 0.29) is 18.1 Å². The Morgan fingerprint density at radius 1 is 1.70 bits per heavy atom. The van der Waals surface area contributed by atoms with Gasteiger partial charge >= 0.3 is 0 Å². The summed E-state index contributed by atoms with van der Waals surface area (Å²) >= 11 is 0. The molecule has 1 N–H and O–H groups in total. The van der Waals surface area contributed by atoms with Crippen molar-refractivity contribution >= 4 is 5.91 Å². The molecule has 2 bridgehead atoms. The van der Waals surface area contributed by atoms with Crippen LogP contribution in [-0.2, 0) is 4.79 Å². The van der Waals surface area contributed by atoms with Gasteiger partial charge in [0.25, 0.3) is 0 Å². The lowest BCUT2D eigenvalue weighted by molar-refractivity contribution is -0.130. The van der Waals surface area contributed by atoms with Crippen LogP contribution in [0.15, 0.2) is 0 Å². The molecule has 2 saturated heterocycles. The van der Waals surface area contributed by atoms with Gasteiger partial charge in [-0.05, 0) is 6.42 Å². The fourth-order valence-electron chi connectivity index (χ4n) is 1.95. The van der Waals surface area contributed by atoms with E-state index in [1.807, 2.05) is 0 Å². The second kappa shape index (κ2) is 1.72. The lowest BCUT2D eigenvalue weighted by atomic mass is 9.83. The number of hydrogen-bond acceptors (Lipinski definition) is 2. The predicted molar refractivity (Wildman–Crippen MR) is 35.3 cm³/mol. The Morgan fingerprint density at radius 3 is 2.60 bits per heavy atom. The second-order valence-corrected chi connectivity index (χ2v) is 3.23. The molecule has 2 heterocycles. The van der Waals surface area contributed by atoms with Gasteiger partial charge in [0.1, 0.15) is 0 Å². The van der Waals surface area contributed by atoms with Gasteiger partial charge in [0, 0.05) is 19.4 Å². The van der Waals surface area contributed by atoms with Crippen LogP contribution in [0, 0.1) is 5.92 Å². The number of hydrogen-bond donors (Lipinski definition) is 1. The number of carbonyl (C=O) groups excluding carboxylic acids is 1. The summed E-state index contributed by atoms with van der Waals surface area (Å²) < 4.78 is 0. The van der Waals surface area contributed by atoms with Crippen molar-refractivity contribution in [2.24, 2.45) is 5.92 Å². The highest BCUT2D eigenvalue weighted by atomic mass is 16.3. The van der Waals surface area contributed by atoms with Crippen molar-refractivity contribution in [2.75, 3.05) is 6.54 Å². The van der Waals surface area contributed by atoms with Crippen LogP contribution in [-0.4, -0.2) is 34.6 Å². The van der Waals surface area contributed by atoms with Crippen LogP contribution >= 0.6 is 0 Å². The second-order valence-electron chi connectivity index (χ2n) is 3.23. The normalized spacial score (nSPS) is 43.4. The zero-order valence-electron chi connectivity index (χ0n) is 5.95. The van der Waals surface area contributed by atoms with Gasteiger partial charge in [-0.3, -0.25) is 4.79 Å². The van der Waals surface area contributed by atoms with Crippen molar-refractivity contribution in [1.29, 1.82) is 0 Å². The summed E-state index contributed by atoms with van der Waals surface area (Å²) in [6.07, 6.45) is 0.796. The van der Waals surface area contributed by atoms with Gasteiger partial charge in [0.15, 0.2) is 0 Å². The van der Waals surface area contributed by atoms with Crippen molar-refractivity contribution < 1.29 is 9.90 Å². The number of nitrogens with zero attached hydrogens (tertiary/aromatic N) is 1. The van der Waals surface area contributed by atoms with Crippen LogP contribution in [0.1, 0.15) is 13.3 Å². The molecule has 0 aromatic heterocycles. The Bertz CT molecular complexity index is 180. The maximum atomic E-state index is 10.8. The Labute approximate surface area is 59.6 Å². The molecule has 0 radical (unpaired) electrons. The van der Waals surface area contributed by atoms with Gasteiger partial charge in [-0.25, -0.2) is 0 Å². The third-order valence-corrected chi connectivity index (χ3v) is 2.66. The molecule has 0 aromatic rings. The number of aliphatic hydroxyl groups is 1. The highest BCUT2D eigenvalue weighted by Gasteiger charge is 2.52. The molecule has 1 saturated carbocycles. The van der Waals surface area contributed by atoms with Gasteiger partial charge in [-0.1, -0.05) is 0 Å². The van der Waals surface area contributed by atoms with Crippen molar-refractivity contribution in [2.45, 2.75) is 25.5 Å². The van der Waals surface area contributed by atoms with E-state index in [1.165, 1.54) is 0 Å². The summed E-state index contributed by atoms with van der Waals surface area (Å²) in [5.74, 6) is 0.484. The molecule has 0 spiro atoms. The third kappa shape index (κ3) is 0.560. The van der Waals surface area contributed by atoms with Crippen molar-refractivity contribution in [3.05, 3.63) is 0 Å². The average Bonchev–Trinajstić information content (AvgIpc) is 2.40. The van der Waals surface area contributed by atoms with Crippen LogP contribution in [0.4, 0.5) is 0 Å². The fourth-order valence-corrected chi connectivity index (χ4v) is 1.95. The molecule has 0 unspecified atom stereocenters. The molecular weight excluding hydrogens is 130 g/mol. The van der Waals surface area contributed by atoms with Gasteiger partial charge < -0.3 is 10.0 Å². The van der Waals surface area contributed by atoms with Crippen LogP contribution in [0.5, 0.6) is 0 Å². The Balaban J connectivity index is 2.10. The first-order valence-corrected chi connectivity index (χ1v) is 3.65. The standard InChI is InChI=1S/C7H11NO2/c1-4(9)8-3-5-2-6(8)7(5)10/h5-7,10H,2-3H2,1H3/t5-,6-,7+/m0/s1. The minimum Gasteiger partial charge on any atom is -0.391 e. The molecule has 3 rings (SSSR count). The van der Waals surface area contributed by atoms with E-state index in [2.05, 4.69) is 0 Å². The SMILES string of the molecule is CC(=O)N1C[C@@H]2C[C@H]1[C@@H]2O. The van der Waals surface area contributed by atoms with Crippen LogP contribution in [0.25, 0.3) is 0 Å². The largest absolute Gasteiger partial charge is 0.391 e. The van der Waals surface area contributed by atoms with Gasteiger partial charge in [0.2, 0.25) is 5.91 Å². The first-order chi connectivity index (χ1) is 4.70. The number of aliphatic hydroxyl groups excluding tert-OH is 1. The molecule has 0 aromatic carbocycles. The predicted octanol–water partition coefficient (Wildman–Crippen LogP) is -0.402. The summed E-state index contributed by atoms with van der Waals surface area (Å²) in [4.78, 5) is 12.6. The van der Waals surface area contributed by atoms with Gasteiger partial charge in [-0.15, -0.1) is 0 Å². The van der Waals surface area contributed by atoms with Crippen LogP contribution in [0.3, 0.4) is 0 Å². The Kier molecular flexibility index (Phi) is 1.06. The Hall–Kier alpha value is -0.570. The fraction of sp³-hybridized carbons (Fsp3) is 0.857. The Morgan fingerprint density at radius 2 is 2.40 bits per heavy atom. The molecule has 3 nitrogen and oxygen atoms in total. The molecule has 3 heteroatoms. The third-order valence-electron chi connectivity index (χ3n) is 2.66. The topological polar surface area (TPSA) is 40.5 Å². The molecule has 3 fully saturated rings. The molecule has 3 aliphatic rings. The number of carbonyl (C=O) groups is 1. The van der Waals surface area contributed by atoms with Crippen LogP contribution in [0.2, 0.25) is 0 Å². The van der Waals surface area contributed by atoms with E-state index in [9.17, 15) is 9.90 Å². The molecule has 10 heavy (non-hydrogen) atoms. The zero-order chi connectivity index (χ0) is 7.30. The van der Waals surface area contributed by atoms with E-state index in [1.54, 1.807) is 11.8 Å². The maximum absolute atomic E-state index is 10.8. The summed E-state index contributed by atoms with van der Waals surface area (Å²) in [5, 5.41) is 9.27. The molecule has 1 aliphatic carbocycles. The van der Waals surface area contributed by atoms with Crippen LogP contribution < -0.4 is 0 Å². The quantitative estimate of drug-likeness (QED) is 0.498. The van der Waals surface area contributed by atoms with E-state index < -0.39 is 0 Å². The molecule has 56 valence electrons. The lowest BCUT2D eigenvalue weighted by Gasteiger charge is -2.31. The first-order valence-electron chi connectivity index (χ1n) is 3.65. The highest BCUT2D eigenvalue weighted by molar-refractivity contribution is 5.74. The number of rotatable bonds is 0. The van der Waals surface area contributed by atoms with E-state index >= 15 is 0 Å². The van der Waals surface area contributed by atoms with E-state index in [4.69, 9.17) is 0 Å². The number of fused-ring (bicyclic) bond motifs is 1. The lowest BCUT2D eigenvalue weighted by Crippen LogP contribution is -2.44. The average molecular weight is 141 g/mol. The summed E-state index contributed by atoms with van der Waals surface area (Å²) in [7, 11) is 0. The first kappa shape index (κ1) is 6.16. The van der Waals surface area contributed by atoms with Crippen molar-refractivity contribution in [3.63, 3.8) is 0 Å². The molecular formula is C7H11NO2. The highest BCUT2D eigenvalue weighted by Crippen LogP contribution is 2.40. The summed E-state index contributed by atoms with van der Waals surface area (Å²) in [6.45, 7) is 2.34. The molecule has 3 atom stereocenters. The van der Waals surface area contributed by atoms with Gasteiger partial charge in [-0.2, -0.15) is 0 Å². The molecule has 2 aliphatic heterocycles. The maximum Gasteiger partial charge on any atom is 0.219 e. The summed E-state index contributed by atoms with van der Waals surface area (Å²) in [6, 6.07) is 0.155. The minimum absolute atomic E-state index is 0.101. The summed E-state index contributed by atoms with van der Waals surface area (Å²) in [5.41, 5.74) is 0. The van der Waals surface area contributed by atoms with E-state index in [0.717, 1.165) is 13.0 Å². The van der Waals surface area contributed by atoms with Crippen molar-refractivity contribution in [3.8, 4) is 0 Å². The smallest absolute Gasteiger partial charge is 0.219 e. The monoisotopic (exact) mass is 141 g/mol. The van der Waals surface area contributed by atoms with E-state index in [0.29, 0.717) is 5.92 Å².